The second-order valence-corrected chi connectivity index (χ2v) is 8.03. The summed E-state index contributed by atoms with van der Waals surface area (Å²) in [5, 5.41) is 8.03. The van der Waals surface area contributed by atoms with E-state index in [-0.39, 0.29) is 23.4 Å². The van der Waals surface area contributed by atoms with Crippen LogP contribution in [0.25, 0.3) is 0 Å². The van der Waals surface area contributed by atoms with Gasteiger partial charge in [0, 0.05) is 28.6 Å². The molecule has 2 unspecified atom stereocenters. The first-order valence-electron chi connectivity index (χ1n) is 9.51. The molecule has 0 saturated heterocycles. The van der Waals surface area contributed by atoms with Gasteiger partial charge in [0.25, 0.3) is 0 Å². The molecule has 3 aromatic rings. The third kappa shape index (κ3) is 3.06. The Morgan fingerprint density at radius 2 is 1.93 bits per heavy atom. The van der Waals surface area contributed by atoms with Crippen LogP contribution in [0.15, 0.2) is 64.3 Å². The van der Waals surface area contributed by atoms with E-state index in [1.54, 1.807) is 6.07 Å². The van der Waals surface area contributed by atoms with Crippen molar-refractivity contribution in [3.63, 3.8) is 0 Å². The van der Waals surface area contributed by atoms with Crippen LogP contribution in [0.4, 0.5) is 10.3 Å². The van der Waals surface area contributed by atoms with Crippen LogP contribution in [0.3, 0.4) is 0 Å². The van der Waals surface area contributed by atoms with Crippen LogP contribution >= 0.6 is 11.6 Å². The van der Waals surface area contributed by atoms with E-state index in [9.17, 15) is 9.18 Å². The number of carbonyl (C=O) groups is 1. The molecule has 0 amide bonds. The highest BCUT2D eigenvalue weighted by Crippen LogP contribution is 2.49. The molecule has 2 aliphatic rings. The summed E-state index contributed by atoms with van der Waals surface area (Å²) in [7, 11) is 0. The second kappa shape index (κ2) is 6.85. The number of hydrogen-bond donors (Lipinski definition) is 1. The first kappa shape index (κ1) is 18.1. The van der Waals surface area contributed by atoms with E-state index in [0.717, 1.165) is 22.4 Å². The number of Topliss-reactive ketones (excluding diaryl/α,β-unsaturated/α-hetero) is 1. The molecule has 1 aliphatic carbocycles. The number of carbonyl (C=O) groups excluding carboxylic acids is 1. The number of aromatic nitrogens is 1. The Hall–Kier alpha value is -2.92. The van der Waals surface area contributed by atoms with E-state index < -0.39 is 0 Å². The zero-order chi connectivity index (χ0) is 20.1. The molecule has 4 nitrogen and oxygen atoms in total. The molecule has 0 spiro atoms. The van der Waals surface area contributed by atoms with Crippen LogP contribution < -0.4 is 5.32 Å². The van der Waals surface area contributed by atoms with Gasteiger partial charge in [-0.25, -0.2) is 4.39 Å². The normalized spacial score (nSPS) is 20.9. The lowest BCUT2D eigenvalue weighted by atomic mass is 9.72. The van der Waals surface area contributed by atoms with Gasteiger partial charge in [-0.2, -0.15) is 0 Å². The quantitative estimate of drug-likeness (QED) is 0.588. The van der Waals surface area contributed by atoms with Gasteiger partial charge in [0.05, 0.1) is 11.3 Å². The summed E-state index contributed by atoms with van der Waals surface area (Å²) in [5.41, 5.74) is 4.79. The van der Waals surface area contributed by atoms with E-state index in [4.69, 9.17) is 16.1 Å². The first-order chi connectivity index (χ1) is 14.0. The monoisotopic (exact) mass is 408 g/mol. The fraction of sp³-hybridized carbons (Fsp3) is 0.217. The number of anilines is 1. The van der Waals surface area contributed by atoms with Gasteiger partial charge >= 0.3 is 0 Å². The van der Waals surface area contributed by atoms with E-state index in [1.807, 2.05) is 37.3 Å². The Morgan fingerprint density at radius 3 is 2.69 bits per heavy atom. The summed E-state index contributed by atoms with van der Waals surface area (Å²) in [6, 6.07) is 14.0. The van der Waals surface area contributed by atoms with Crippen LogP contribution in [0.1, 0.15) is 47.1 Å². The molecule has 0 radical (unpaired) electrons. The maximum Gasteiger partial charge on any atom is 0.233 e. The van der Waals surface area contributed by atoms with Gasteiger partial charge in [-0.3, -0.25) is 4.79 Å². The number of halogens is 2. The molecule has 0 bridgehead atoms. The topological polar surface area (TPSA) is 55.1 Å². The Labute approximate surface area is 172 Å². The fourth-order valence-electron chi connectivity index (χ4n) is 4.46. The number of nitrogens with one attached hydrogen (secondary N) is 1. The number of nitrogens with zero attached hydrogens (tertiary/aromatic N) is 1. The van der Waals surface area contributed by atoms with Crippen molar-refractivity contribution in [1.29, 1.82) is 0 Å². The fourth-order valence-corrected chi connectivity index (χ4v) is 4.59. The highest BCUT2D eigenvalue weighted by Gasteiger charge is 2.41. The Balaban J connectivity index is 1.62. The summed E-state index contributed by atoms with van der Waals surface area (Å²) < 4.78 is 19.5. The van der Waals surface area contributed by atoms with E-state index in [0.29, 0.717) is 35.0 Å². The number of ketones is 1. The molecule has 0 fully saturated rings. The minimum absolute atomic E-state index is 0.0461. The lowest BCUT2D eigenvalue weighted by Crippen LogP contribution is -2.29. The zero-order valence-corrected chi connectivity index (χ0v) is 16.5. The highest BCUT2D eigenvalue weighted by molar-refractivity contribution is 6.30. The number of rotatable bonds is 2. The molecule has 29 heavy (non-hydrogen) atoms. The van der Waals surface area contributed by atoms with Gasteiger partial charge in [-0.1, -0.05) is 41.0 Å². The summed E-state index contributed by atoms with van der Waals surface area (Å²) in [5.74, 6) is -0.0907. The van der Waals surface area contributed by atoms with Gasteiger partial charge in [0.15, 0.2) is 5.78 Å². The maximum atomic E-state index is 14.0. The molecule has 2 heterocycles. The van der Waals surface area contributed by atoms with Gasteiger partial charge in [0.1, 0.15) is 5.82 Å². The van der Waals surface area contributed by atoms with E-state index in [2.05, 4.69) is 10.5 Å². The van der Waals surface area contributed by atoms with Crippen molar-refractivity contribution in [2.24, 2.45) is 0 Å². The Bertz CT molecular complexity index is 1150. The van der Waals surface area contributed by atoms with Crippen LogP contribution in [0.5, 0.6) is 0 Å². The zero-order valence-electron chi connectivity index (χ0n) is 15.7. The van der Waals surface area contributed by atoms with Crippen LogP contribution in [-0.4, -0.2) is 10.9 Å². The van der Waals surface area contributed by atoms with Crippen molar-refractivity contribution < 1.29 is 13.7 Å². The van der Waals surface area contributed by atoms with E-state index >= 15 is 0 Å². The third-order valence-corrected chi connectivity index (χ3v) is 6.03. The number of fused-ring (bicyclic) bond motifs is 1. The van der Waals surface area contributed by atoms with Crippen molar-refractivity contribution in [3.05, 3.63) is 93.0 Å². The van der Waals surface area contributed by atoms with Crippen LogP contribution in [0.2, 0.25) is 5.02 Å². The Kier molecular flexibility index (Phi) is 4.28. The molecular weight excluding hydrogens is 391 g/mol. The average Bonchev–Trinajstić information content (AvgIpc) is 3.07. The molecule has 2 aromatic carbocycles. The lowest BCUT2D eigenvalue weighted by molar-refractivity contribution is -0.116. The van der Waals surface area contributed by atoms with Gasteiger partial charge in [-0.15, -0.1) is 0 Å². The number of aryl methyl sites for hydroxylation is 1. The molecule has 5 rings (SSSR count). The van der Waals surface area contributed by atoms with Crippen molar-refractivity contribution in [3.8, 4) is 0 Å². The molecule has 6 heteroatoms. The van der Waals surface area contributed by atoms with Crippen molar-refractivity contribution in [1.82, 2.24) is 5.16 Å². The van der Waals surface area contributed by atoms with Crippen molar-refractivity contribution in [2.45, 2.75) is 31.6 Å². The van der Waals surface area contributed by atoms with E-state index in [1.165, 1.54) is 12.1 Å². The minimum Gasteiger partial charge on any atom is -0.338 e. The molecule has 2 atom stereocenters. The van der Waals surface area contributed by atoms with Crippen LogP contribution in [0, 0.1) is 12.7 Å². The smallest absolute Gasteiger partial charge is 0.233 e. The predicted octanol–water partition coefficient (Wildman–Crippen LogP) is 5.73. The summed E-state index contributed by atoms with van der Waals surface area (Å²) in [6.07, 6.45) is 1.06. The van der Waals surface area contributed by atoms with Crippen molar-refractivity contribution in [2.75, 3.05) is 5.32 Å². The predicted molar refractivity (Wildman–Crippen MR) is 109 cm³/mol. The molecule has 0 saturated carbocycles. The number of allylic oxidation sites excluding steroid dienone is 2. The summed E-state index contributed by atoms with van der Waals surface area (Å²) >= 11 is 6.01. The minimum atomic E-state index is -0.387. The second-order valence-electron chi connectivity index (χ2n) is 7.60. The Morgan fingerprint density at radius 1 is 1.14 bits per heavy atom. The summed E-state index contributed by atoms with van der Waals surface area (Å²) in [4.78, 5) is 13.3. The largest absolute Gasteiger partial charge is 0.338 e. The van der Waals surface area contributed by atoms with Gasteiger partial charge < -0.3 is 9.84 Å². The maximum absolute atomic E-state index is 14.0. The SMILES string of the molecule is Cc1noc2c1C(c1cccc(F)c1)C1=C(CC(c3ccc(Cl)cc3)CC1=O)N2. The molecule has 1 aliphatic heterocycles. The summed E-state index contributed by atoms with van der Waals surface area (Å²) in [6.45, 7) is 1.84. The molecular formula is C23H18ClFN2O2. The average molecular weight is 409 g/mol. The van der Waals surface area contributed by atoms with Crippen molar-refractivity contribution >= 4 is 23.3 Å². The number of benzene rings is 2. The first-order valence-corrected chi connectivity index (χ1v) is 9.89. The van der Waals surface area contributed by atoms with Gasteiger partial charge in [0.2, 0.25) is 5.88 Å². The molecule has 1 N–H and O–H groups in total. The van der Waals surface area contributed by atoms with Gasteiger partial charge in [-0.05, 0) is 54.7 Å². The lowest BCUT2D eigenvalue weighted by Gasteiger charge is -2.34. The third-order valence-electron chi connectivity index (χ3n) is 5.78. The highest BCUT2D eigenvalue weighted by atomic mass is 35.5. The standard InChI is InChI=1S/C23H18ClFN2O2/c1-12-20-21(14-3-2-4-17(25)9-14)22-18(26-23(20)29-27-12)10-15(11-19(22)28)13-5-7-16(24)8-6-13/h2-9,15,21,26H,10-11H2,1H3. The van der Waals surface area contributed by atoms with Crippen LogP contribution in [-0.2, 0) is 4.79 Å². The molecule has 146 valence electrons. The molecule has 1 aromatic heterocycles. The number of hydrogen-bond acceptors (Lipinski definition) is 4.